The van der Waals surface area contributed by atoms with E-state index in [2.05, 4.69) is 53.2 Å². The van der Waals surface area contributed by atoms with Crippen LogP contribution in [-0.4, -0.2) is 185 Å². The average molecular weight is 1520 g/mol. The van der Waals surface area contributed by atoms with Crippen molar-refractivity contribution < 1.29 is 131 Å². The summed E-state index contributed by atoms with van der Waals surface area (Å²) in [5, 5.41) is 91.8. The summed E-state index contributed by atoms with van der Waals surface area (Å²) in [4.78, 5) is 222. The second-order valence-corrected chi connectivity index (χ2v) is 25.2. The van der Waals surface area contributed by atoms with Crippen LogP contribution < -0.4 is 53.2 Å². The summed E-state index contributed by atoms with van der Waals surface area (Å²) in [5.74, 6) is -22.1. The Bertz CT molecular complexity index is 4200. The standard InChI is InChI=1S/C72H78N10O27/c1-35(2)60(81-62(95)45(23-25-53(83)84)75-66(99)49(31-57(91)92)79-71(105)107-33-37-13-7-5-8-14-37)68(101)77-47(29-55(87)88)64(97)73-39-19-21-43-51(27-39)109-52-28-40(20-22-44(52)59(43)41-17-11-12-18-42(41)70(103)104)74-65(98)48(30-56(89)90)78-69(102)61(36(3)4)82-63(96)46(24-26-54(85)86)76-67(100)50(32-58(93)94)80-72(106)108-34-38-15-9-6-10-16-38/h5-22,27-28,35-36,45-50,60-61H,23-26,29-34H2,1-4H3,(H16-,73,74,75,76,77,78,79,80,81,82,83,84,85,86,87,88,89,90,91,92,93,94,95,96,97,98,99,100,101,102,103,104,105,106)/p+1. The number of hydrogen-bond acceptors (Lipinski definition) is 19. The van der Waals surface area contributed by atoms with Crippen molar-refractivity contribution in [1.29, 1.82) is 0 Å². The summed E-state index contributed by atoms with van der Waals surface area (Å²) in [6.07, 6.45) is -9.57. The number of anilines is 2. The predicted octanol–water partition coefficient (Wildman–Crippen LogP) is 3.55. The fourth-order valence-corrected chi connectivity index (χ4v) is 10.8. The molecule has 8 atom stereocenters. The van der Waals surface area contributed by atoms with E-state index in [1.807, 2.05) is 0 Å². The van der Waals surface area contributed by atoms with Crippen LogP contribution in [-0.2, 0) is 89.8 Å². The molecule has 6 rings (SSSR count). The van der Waals surface area contributed by atoms with E-state index in [0.717, 1.165) is 0 Å². The highest BCUT2D eigenvalue weighted by Gasteiger charge is 2.38. The van der Waals surface area contributed by atoms with E-state index in [0.29, 0.717) is 11.1 Å². The van der Waals surface area contributed by atoms with E-state index < -0.39 is 213 Å². The molecule has 0 fully saturated rings. The first-order valence-electron chi connectivity index (χ1n) is 33.4. The number of nitrogens with one attached hydrogen (secondary N) is 10. The van der Waals surface area contributed by atoms with Gasteiger partial charge in [0.25, 0.3) is 0 Å². The second-order valence-electron chi connectivity index (χ2n) is 25.2. The number of carboxylic acid groups (broad SMARTS) is 7. The van der Waals surface area contributed by atoms with Crippen LogP contribution in [0, 0.1) is 11.8 Å². The van der Waals surface area contributed by atoms with Crippen LogP contribution in [0.25, 0.3) is 33.1 Å². The van der Waals surface area contributed by atoms with Crippen molar-refractivity contribution in [2.24, 2.45) is 11.8 Å². The maximum Gasteiger partial charge on any atom is 0.408 e. The summed E-state index contributed by atoms with van der Waals surface area (Å²) in [6, 6.07) is 15.4. The Hall–Kier alpha value is -13.6. The minimum Gasteiger partial charge on any atom is -0.481 e. The molecule has 17 N–H and O–H groups in total. The number of amides is 10. The zero-order valence-corrected chi connectivity index (χ0v) is 58.7. The van der Waals surface area contributed by atoms with E-state index in [9.17, 15) is 117 Å². The Kier molecular flexibility index (Phi) is 30.9. The van der Waals surface area contributed by atoms with Gasteiger partial charge in [-0.3, -0.25) is 67.1 Å². The first-order valence-corrected chi connectivity index (χ1v) is 33.4. The molecule has 5 aromatic carbocycles. The van der Waals surface area contributed by atoms with E-state index in [-0.39, 0.29) is 63.2 Å². The highest BCUT2D eigenvalue weighted by molar-refractivity contribution is 6.14. The number of fused-ring (bicyclic) bond motifs is 2. The van der Waals surface area contributed by atoms with Crippen molar-refractivity contribution in [3.8, 4) is 11.1 Å². The van der Waals surface area contributed by atoms with Crippen LogP contribution in [0.15, 0.2) is 126 Å². The SMILES string of the molecule is CC(C)C(NC(=O)C(CCC(=O)O)NC(=O)C(CC(=O)O)NC(=O)OCc1ccccc1)C(=O)NC(CC(=O)O)C(=O)Nc1ccc2c(-c3ccccc3C(=O)O)c3ccc(NC(=O)C(CC(=O)O)NC(=O)C(NC(=O)C(CCC(=O)O)NC(=O)C(CC(=O)O)NC(=O)OCc4ccccc4)C(C)C)cc3[o+]c2c1. The van der Waals surface area contributed by atoms with Gasteiger partial charge in [-0.05, 0) is 71.7 Å². The highest BCUT2D eigenvalue weighted by atomic mass is 16.6. The van der Waals surface area contributed by atoms with Crippen molar-refractivity contribution in [3.05, 3.63) is 138 Å². The number of carbonyl (C=O) groups is 17. The van der Waals surface area contributed by atoms with Crippen LogP contribution >= 0.6 is 0 Å². The zero-order chi connectivity index (χ0) is 80.3. The molecule has 0 bridgehead atoms. The van der Waals surface area contributed by atoms with Gasteiger partial charge in [0.1, 0.15) is 61.5 Å². The highest BCUT2D eigenvalue weighted by Crippen LogP contribution is 2.40. The van der Waals surface area contributed by atoms with Gasteiger partial charge in [-0.2, -0.15) is 0 Å². The molecule has 0 saturated heterocycles. The van der Waals surface area contributed by atoms with Crippen molar-refractivity contribution >= 4 is 135 Å². The molecule has 1 aromatic heterocycles. The molecule has 0 saturated carbocycles. The Labute approximate surface area is 618 Å². The molecular weight excluding hydrogens is 1440 g/mol. The third kappa shape index (κ3) is 26.2. The molecule has 8 unspecified atom stereocenters. The number of hydrogen-bond donors (Lipinski definition) is 17. The number of alkyl carbamates (subject to hydrolysis) is 2. The molecule has 0 aliphatic carbocycles. The fourth-order valence-electron chi connectivity index (χ4n) is 10.8. The van der Waals surface area contributed by atoms with Crippen LogP contribution in [0.4, 0.5) is 21.0 Å². The normalized spacial score (nSPS) is 13.2. The van der Waals surface area contributed by atoms with Crippen molar-refractivity contribution in [1.82, 2.24) is 42.5 Å². The lowest BCUT2D eigenvalue weighted by Crippen LogP contribution is -2.59. The monoisotopic (exact) mass is 1520 g/mol. The van der Waals surface area contributed by atoms with Gasteiger partial charge in [-0.1, -0.05) is 107 Å². The van der Waals surface area contributed by atoms with Crippen molar-refractivity contribution in [2.75, 3.05) is 10.6 Å². The third-order valence-electron chi connectivity index (χ3n) is 16.2. The summed E-state index contributed by atoms with van der Waals surface area (Å²) in [7, 11) is 0. The lowest BCUT2D eigenvalue weighted by molar-refractivity contribution is -0.141. The summed E-state index contributed by atoms with van der Waals surface area (Å²) in [6.45, 7) is 5.11. The molecular formula is C72H79N10O27+. The molecule has 37 nitrogen and oxygen atoms in total. The Morgan fingerprint density at radius 1 is 0.358 bits per heavy atom. The minimum absolute atomic E-state index is 0.111. The first kappa shape index (κ1) is 84.3. The molecule has 0 radical (unpaired) electrons. The number of carbonyl (C=O) groups excluding carboxylic acids is 10. The van der Waals surface area contributed by atoms with Crippen molar-refractivity contribution in [2.45, 2.75) is 141 Å². The lowest BCUT2D eigenvalue weighted by atomic mass is 9.93. The number of carboxylic acids is 7. The molecule has 1 heterocycles. The maximum absolute atomic E-state index is 14.2. The van der Waals surface area contributed by atoms with E-state index in [1.165, 1.54) is 88.4 Å². The largest absolute Gasteiger partial charge is 0.481 e. The molecule has 578 valence electrons. The van der Waals surface area contributed by atoms with Gasteiger partial charge in [0.15, 0.2) is 0 Å². The summed E-state index contributed by atoms with van der Waals surface area (Å²) < 4.78 is 16.5. The van der Waals surface area contributed by atoms with Crippen LogP contribution in [0.3, 0.4) is 0 Å². The quantitative estimate of drug-likeness (QED) is 0.0193. The van der Waals surface area contributed by atoms with Gasteiger partial charge >= 0.3 is 65.1 Å². The molecule has 0 aliphatic rings. The first-order chi connectivity index (χ1) is 51.6. The Balaban J connectivity index is 1.24. The Morgan fingerprint density at radius 3 is 1.03 bits per heavy atom. The van der Waals surface area contributed by atoms with Gasteiger partial charge < -0.3 is 98.4 Å². The molecule has 10 amide bonds. The van der Waals surface area contributed by atoms with Gasteiger partial charge in [0.2, 0.25) is 47.3 Å². The summed E-state index contributed by atoms with van der Waals surface area (Å²) in [5.41, 5.74) is 0.625. The lowest BCUT2D eigenvalue weighted by Gasteiger charge is -2.27. The van der Waals surface area contributed by atoms with Crippen molar-refractivity contribution in [3.63, 3.8) is 0 Å². The van der Waals surface area contributed by atoms with E-state index >= 15 is 0 Å². The average Bonchev–Trinajstić information content (AvgIpc) is 0.747. The fraction of sp³-hybridized carbons (Fsp3) is 0.333. The van der Waals surface area contributed by atoms with Crippen LogP contribution in [0.1, 0.15) is 101 Å². The van der Waals surface area contributed by atoms with Gasteiger partial charge in [-0.15, -0.1) is 0 Å². The van der Waals surface area contributed by atoms with E-state index in [1.54, 1.807) is 60.7 Å². The Morgan fingerprint density at radius 2 is 0.688 bits per heavy atom. The molecule has 37 heteroatoms. The van der Waals surface area contributed by atoms with Gasteiger partial charge in [0.05, 0.1) is 65.5 Å². The van der Waals surface area contributed by atoms with Gasteiger partial charge in [0, 0.05) is 18.4 Å². The molecule has 109 heavy (non-hydrogen) atoms. The van der Waals surface area contributed by atoms with Crippen LogP contribution in [0.5, 0.6) is 0 Å². The smallest absolute Gasteiger partial charge is 0.408 e. The zero-order valence-electron chi connectivity index (χ0n) is 58.7. The number of ether oxygens (including phenoxy) is 2. The molecule has 0 spiro atoms. The van der Waals surface area contributed by atoms with E-state index in [4.69, 9.17) is 13.9 Å². The summed E-state index contributed by atoms with van der Waals surface area (Å²) >= 11 is 0. The number of rotatable bonds is 40. The molecule has 6 aromatic rings. The van der Waals surface area contributed by atoms with Crippen LogP contribution in [0.2, 0.25) is 0 Å². The third-order valence-corrected chi connectivity index (χ3v) is 16.2. The number of aliphatic carboxylic acids is 6. The maximum atomic E-state index is 14.2. The number of aromatic carboxylic acids is 1. The topological polar surface area (TPSA) is 582 Å². The second kappa shape index (κ2) is 40.0. The van der Waals surface area contributed by atoms with Gasteiger partial charge in [-0.25, -0.2) is 18.8 Å². The molecule has 0 aliphatic heterocycles. The minimum atomic E-state index is -1.95. The number of benzene rings is 5. The predicted molar refractivity (Wildman–Crippen MR) is 379 cm³/mol.